The van der Waals surface area contributed by atoms with Gasteiger partial charge in [-0.1, -0.05) is 11.2 Å². The first-order valence-electron chi connectivity index (χ1n) is 5.29. The largest absolute Gasteiger partial charge is 0.507 e. The first-order valence-corrected chi connectivity index (χ1v) is 5.29. The number of hydrogen-bond donors (Lipinski definition) is 3. The van der Waals surface area contributed by atoms with Crippen molar-refractivity contribution in [3.05, 3.63) is 39.8 Å². The molecule has 0 aromatic heterocycles. The topological polar surface area (TPSA) is 136 Å². The van der Waals surface area contributed by atoms with E-state index in [0.29, 0.717) is 0 Å². The number of nitrogens with zero attached hydrogens (tertiary/aromatic N) is 3. The third-order valence-corrected chi connectivity index (χ3v) is 2.47. The van der Waals surface area contributed by atoms with Crippen LogP contribution >= 0.6 is 0 Å². The molecule has 3 N–H and O–H groups in total. The summed E-state index contributed by atoms with van der Waals surface area (Å²) >= 11 is 0. The Morgan fingerprint density at radius 1 is 1.53 bits per heavy atom. The molecular weight excluding hydrogens is 254 g/mol. The molecule has 1 aromatic rings. The van der Waals surface area contributed by atoms with Gasteiger partial charge in [-0.25, -0.2) is 4.79 Å². The van der Waals surface area contributed by atoms with Gasteiger partial charge in [0.1, 0.15) is 17.4 Å². The van der Waals surface area contributed by atoms with E-state index in [1.54, 1.807) is 0 Å². The number of carbonyl (C=O) groups is 1. The van der Waals surface area contributed by atoms with Crippen LogP contribution in [-0.4, -0.2) is 41.0 Å². The Hall–Kier alpha value is -2.28. The monoisotopic (exact) mass is 267 g/mol. The summed E-state index contributed by atoms with van der Waals surface area (Å²) in [6.07, 6.45) is -2.65. The number of phenolic OH excluding ortho intramolecular Hbond substituents is 1. The standard InChI is InChI=1S/C11H13N3O5/c1-19-11(18)7-3-2-6(4-8(7)15)10(17)9(16)5-13-14-12/h2-4,9-10,15-17H,5H2,1H3. The number of esters is 1. The maximum absolute atomic E-state index is 11.2. The van der Waals surface area contributed by atoms with Crippen molar-refractivity contribution in [1.82, 2.24) is 0 Å². The van der Waals surface area contributed by atoms with Crippen molar-refractivity contribution in [1.29, 1.82) is 0 Å². The summed E-state index contributed by atoms with van der Waals surface area (Å²) in [7, 11) is 1.17. The third-order valence-electron chi connectivity index (χ3n) is 2.47. The highest BCUT2D eigenvalue weighted by Gasteiger charge is 2.20. The Morgan fingerprint density at radius 2 is 2.21 bits per heavy atom. The summed E-state index contributed by atoms with van der Waals surface area (Å²) in [5.41, 5.74) is 8.24. The zero-order valence-electron chi connectivity index (χ0n) is 10.1. The predicted octanol–water partition coefficient (Wildman–Crippen LogP) is 0.883. The molecule has 1 rings (SSSR count). The fourth-order valence-corrected chi connectivity index (χ4v) is 1.46. The van der Waals surface area contributed by atoms with Crippen LogP contribution in [0, 0.1) is 0 Å². The highest BCUT2D eigenvalue weighted by atomic mass is 16.5. The minimum atomic E-state index is -1.34. The fraction of sp³-hybridized carbons (Fsp3) is 0.364. The molecule has 0 aliphatic heterocycles. The van der Waals surface area contributed by atoms with Crippen molar-refractivity contribution >= 4 is 5.97 Å². The number of benzene rings is 1. The van der Waals surface area contributed by atoms with Gasteiger partial charge in [0, 0.05) is 4.91 Å². The van der Waals surface area contributed by atoms with Gasteiger partial charge in [0.25, 0.3) is 0 Å². The van der Waals surface area contributed by atoms with Crippen LogP contribution in [-0.2, 0) is 4.74 Å². The van der Waals surface area contributed by atoms with Crippen molar-refractivity contribution in [3.63, 3.8) is 0 Å². The smallest absolute Gasteiger partial charge is 0.341 e. The van der Waals surface area contributed by atoms with Crippen LogP contribution in [0.5, 0.6) is 5.75 Å². The summed E-state index contributed by atoms with van der Waals surface area (Å²) in [5, 5.41) is 32.1. The van der Waals surface area contributed by atoms with Crippen molar-refractivity contribution in [2.75, 3.05) is 13.7 Å². The van der Waals surface area contributed by atoms with Crippen LogP contribution in [0.1, 0.15) is 22.0 Å². The maximum Gasteiger partial charge on any atom is 0.341 e. The maximum atomic E-state index is 11.2. The molecule has 19 heavy (non-hydrogen) atoms. The molecule has 0 heterocycles. The van der Waals surface area contributed by atoms with Crippen molar-refractivity contribution in [2.24, 2.45) is 5.11 Å². The second kappa shape index (κ2) is 6.60. The van der Waals surface area contributed by atoms with Crippen molar-refractivity contribution < 1.29 is 24.9 Å². The van der Waals surface area contributed by atoms with Gasteiger partial charge in [0.15, 0.2) is 0 Å². The molecule has 8 heteroatoms. The van der Waals surface area contributed by atoms with Gasteiger partial charge >= 0.3 is 5.97 Å². The SMILES string of the molecule is COC(=O)c1ccc(C(O)C(O)CN=[N+]=[N-])cc1O. The number of aliphatic hydroxyl groups is 2. The van der Waals surface area contributed by atoms with Gasteiger partial charge in [-0.15, -0.1) is 0 Å². The van der Waals surface area contributed by atoms with Gasteiger partial charge in [-0.2, -0.15) is 0 Å². The second-order valence-corrected chi connectivity index (χ2v) is 3.69. The number of azide groups is 1. The van der Waals surface area contributed by atoms with Crippen LogP contribution in [0.4, 0.5) is 0 Å². The van der Waals surface area contributed by atoms with E-state index >= 15 is 0 Å². The molecule has 2 unspecified atom stereocenters. The molecule has 0 aliphatic carbocycles. The fourth-order valence-electron chi connectivity index (χ4n) is 1.46. The highest BCUT2D eigenvalue weighted by Crippen LogP contribution is 2.25. The molecule has 0 aliphatic rings. The van der Waals surface area contributed by atoms with Gasteiger partial charge < -0.3 is 20.1 Å². The van der Waals surface area contributed by atoms with Crippen LogP contribution in [0.3, 0.4) is 0 Å². The number of methoxy groups -OCH3 is 1. The molecule has 0 saturated heterocycles. The van der Waals surface area contributed by atoms with Crippen LogP contribution in [0.25, 0.3) is 10.4 Å². The number of carbonyl (C=O) groups excluding carboxylic acids is 1. The van der Waals surface area contributed by atoms with Crippen LogP contribution in [0.15, 0.2) is 23.3 Å². The average Bonchev–Trinajstić information content (AvgIpc) is 2.42. The van der Waals surface area contributed by atoms with E-state index in [1.807, 2.05) is 0 Å². The minimum Gasteiger partial charge on any atom is -0.507 e. The molecular formula is C11H13N3O5. The minimum absolute atomic E-state index is 0.0528. The van der Waals surface area contributed by atoms with Gasteiger partial charge in [-0.3, -0.25) is 0 Å². The van der Waals surface area contributed by atoms with Crippen molar-refractivity contribution in [3.8, 4) is 5.75 Å². The van der Waals surface area contributed by atoms with Crippen molar-refractivity contribution in [2.45, 2.75) is 12.2 Å². The Bertz CT molecular complexity index is 513. The van der Waals surface area contributed by atoms with E-state index in [0.717, 1.165) is 6.07 Å². The number of hydrogen-bond acceptors (Lipinski definition) is 6. The quantitative estimate of drug-likeness (QED) is 0.315. The first-order chi connectivity index (χ1) is 9.01. The lowest BCUT2D eigenvalue weighted by atomic mass is 10.0. The average molecular weight is 267 g/mol. The second-order valence-electron chi connectivity index (χ2n) is 3.69. The van der Waals surface area contributed by atoms with Gasteiger partial charge in [-0.05, 0) is 23.2 Å². The molecule has 8 nitrogen and oxygen atoms in total. The normalized spacial score (nSPS) is 13.2. The number of rotatable bonds is 5. The molecule has 0 spiro atoms. The Balaban J connectivity index is 2.94. The number of ether oxygens (including phenoxy) is 1. The van der Waals surface area contributed by atoms with E-state index < -0.39 is 18.2 Å². The van der Waals surface area contributed by atoms with Crippen LogP contribution in [0.2, 0.25) is 0 Å². The zero-order valence-corrected chi connectivity index (χ0v) is 10.1. The van der Waals surface area contributed by atoms with Gasteiger partial charge in [0.2, 0.25) is 0 Å². The summed E-state index contributed by atoms with van der Waals surface area (Å²) in [4.78, 5) is 13.7. The third kappa shape index (κ3) is 3.59. The molecule has 0 amide bonds. The van der Waals surface area contributed by atoms with E-state index in [9.17, 15) is 20.1 Å². The Labute approximate surface area is 108 Å². The molecule has 0 radical (unpaired) electrons. The molecule has 0 bridgehead atoms. The summed E-state index contributed by atoms with van der Waals surface area (Å²) in [5.74, 6) is -1.09. The van der Waals surface area contributed by atoms with Gasteiger partial charge in [0.05, 0.1) is 19.8 Å². The van der Waals surface area contributed by atoms with E-state index in [-0.39, 0.29) is 23.4 Å². The lowest BCUT2D eigenvalue weighted by Gasteiger charge is -2.16. The summed E-state index contributed by atoms with van der Waals surface area (Å²) in [6, 6.07) is 3.76. The summed E-state index contributed by atoms with van der Waals surface area (Å²) in [6.45, 7) is -0.308. The first kappa shape index (κ1) is 14.8. The number of phenols is 1. The zero-order chi connectivity index (χ0) is 14.4. The predicted molar refractivity (Wildman–Crippen MR) is 64.4 cm³/mol. The highest BCUT2D eigenvalue weighted by molar-refractivity contribution is 5.92. The molecule has 0 fully saturated rings. The summed E-state index contributed by atoms with van der Waals surface area (Å²) < 4.78 is 4.45. The molecule has 102 valence electrons. The lowest BCUT2D eigenvalue weighted by Crippen LogP contribution is -2.21. The Kier molecular flexibility index (Phi) is 5.13. The van der Waals surface area contributed by atoms with E-state index in [4.69, 9.17) is 5.53 Å². The lowest BCUT2D eigenvalue weighted by molar-refractivity contribution is 0.0242. The molecule has 0 saturated carbocycles. The van der Waals surface area contributed by atoms with E-state index in [1.165, 1.54) is 19.2 Å². The number of aromatic hydroxyl groups is 1. The van der Waals surface area contributed by atoms with Crippen LogP contribution < -0.4 is 0 Å². The molecule has 2 atom stereocenters. The number of aliphatic hydroxyl groups excluding tert-OH is 2. The molecule has 1 aromatic carbocycles. The van der Waals surface area contributed by atoms with E-state index in [2.05, 4.69) is 14.8 Å². The Morgan fingerprint density at radius 3 is 2.74 bits per heavy atom.